The Kier molecular flexibility index (Phi) is 8.97. The van der Waals surface area contributed by atoms with Gasteiger partial charge in [-0.25, -0.2) is 0 Å². The van der Waals surface area contributed by atoms with E-state index in [0.717, 1.165) is 36.3 Å². The minimum Gasteiger partial charge on any atom is -0.320 e. The maximum atomic E-state index is 13.1. The van der Waals surface area contributed by atoms with Gasteiger partial charge >= 0.3 is 0 Å². The molecule has 2 aliphatic heterocycles. The molecule has 1 aromatic carbocycles. The average Bonchev–Trinajstić information content (AvgIpc) is 3.03. The first-order valence-corrected chi connectivity index (χ1v) is 12.0. The summed E-state index contributed by atoms with van der Waals surface area (Å²) in [6.45, 7) is 1.10. The van der Waals surface area contributed by atoms with Crippen molar-refractivity contribution in [2.24, 2.45) is 0 Å². The Morgan fingerprint density at radius 3 is 2.22 bits per heavy atom. The van der Waals surface area contributed by atoms with Gasteiger partial charge in [0, 0.05) is 6.42 Å². The van der Waals surface area contributed by atoms with Gasteiger partial charge in [-0.05, 0) is 50.9 Å². The standard InChI is InChI=1S/C25H35N3O4/c1-26-17-10-8-6-4-2-3-5-7-9-12-18-13-11-14-19-22(18)25(32)28(24(19)31)20-15-16-21(29)27-23(20)30/h11,13-14,20,26H,2-10,12,15-17H2,1H3,(H,27,29,30). The molecule has 4 amide bonds. The van der Waals surface area contributed by atoms with E-state index in [2.05, 4.69) is 10.6 Å². The van der Waals surface area contributed by atoms with Crippen LogP contribution in [0.2, 0.25) is 0 Å². The third kappa shape index (κ3) is 5.82. The second kappa shape index (κ2) is 11.9. The molecule has 0 aliphatic carbocycles. The van der Waals surface area contributed by atoms with Crippen LogP contribution in [0.5, 0.6) is 0 Å². The number of benzene rings is 1. The van der Waals surface area contributed by atoms with Gasteiger partial charge in [0.1, 0.15) is 6.04 Å². The predicted molar refractivity (Wildman–Crippen MR) is 122 cm³/mol. The quantitative estimate of drug-likeness (QED) is 0.361. The summed E-state index contributed by atoms with van der Waals surface area (Å²) in [7, 11) is 1.99. The zero-order valence-corrected chi connectivity index (χ0v) is 19.1. The van der Waals surface area contributed by atoms with Crippen LogP contribution >= 0.6 is 0 Å². The molecule has 1 fully saturated rings. The van der Waals surface area contributed by atoms with Gasteiger partial charge in [-0.2, -0.15) is 0 Å². The molecular weight excluding hydrogens is 406 g/mol. The lowest BCUT2D eigenvalue weighted by Crippen LogP contribution is -2.54. The number of amides is 4. The van der Waals surface area contributed by atoms with Gasteiger partial charge in [0.05, 0.1) is 11.1 Å². The fourth-order valence-electron chi connectivity index (χ4n) is 4.65. The molecule has 2 aliphatic rings. The third-order valence-electron chi connectivity index (χ3n) is 6.43. The molecule has 0 spiro atoms. The fraction of sp³-hybridized carbons (Fsp3) is 0.600. The molecule has 1 saturated heterocycles. The van der Waals surface area contributed by atoms with Gasteiger partial charge in [-0.15, -0.1) is 0 Å². The summed E-state index contributed by atoms with van der Waals surface area (Å²) >= 11 is 0. The average molecular weight is 442 g/mol. The summed E-state index contributed by atoms with van der Waals surface area (Å²) in [6.07, 6.45) is 12.0. The summed E-state index contributed by atoms with van der Waals surface area (Å²) < 4.78 is 0. The second-order valence-electron chi connectivity index (χ2n) is 8.82. The van der Waals surface area contributed by atoms with Crippen molar-refractivity contribution in [3.8, 4) is 0 Å². The number of piperidine rings is 1. The third-order valence-corrected chi connectivity index (χ3v) is 6.43. The van der Waals surface area contributed by atoms with E-state index in [1.54, 1.807) is 12.1 Å². The van der Waals surface area contributed by atoms with Crippen molar-refractivity contribution >= 4 is 23.6 Å². The van der Waals surface area contributed by atoms with E-state index in [-0.39, 0.29) is 18.7 Å². The van der Waals surface area contributed by atoms with E-state index in [1.165, 1.54) is 44.9 Å². The van der Waals surface area contributed by atoms with E-state index in [9.17, 15) is 19.2 Å². The van der Waals surface area contributed by atoms with Crippen LogP contribution < -0.4 is 10.6 Å². The van der Waals surface area contributed by atoms with E-state index in [0.29, 0.717) is 11.1 Å². The lowest BCUT2D eigenvalue weighted by molar-refractivity contribution is -0.136. The Bertz CT molecular complexity index is 852. The molecule has 2 heterocycles. The van der Waals surface area contributed by atoms with Gasteiger partial charge in [0.25, 0.3) is 11.8 Å². The van der Waals surface area contributed by atoms with Gasteiger partial charge < -0.3 is 5.32 Å². The van der Waals surface area contributed by atoms with E-state index < -0.39 is 23.8 Å². The van der Waals surface area contributed by atoms with E-state index in [1.807, 2.05) is 13.1 Å². The first kappa shape index (κ1) is 24.1. The molecule has 1 aromatic rings. The SMILES string of the molecule is CNCCCCCCCCCCCc1cccc2c1C(=O)N(C1CCC(=O)NC1=O)C2=O. The molecule has 7 heteroatoms. The summed E-state index contributed by atoms with van der Waals surface area (Å²) in [5.41, 5.74) is 1.68. The lowest BCUT2D eigenvalue weighted by atomic mass is 9.97. The number of nitrogens with one attached hydrogen (secondary N) is 2. The normalized spacial score (nSPS) is 18.3. The smallest absolute Gasteiger partial charge is 0.262 e. The molecule has 3 rings (SSSR count). The van der Waals surface area contributed by atoms with Crippen molar-refractivity contribution in [3.63, 3.8) is 0 Å². The predicted octanol–water partition coefficient (Wildman–Crippen LogP) is 3.36. The zero-order valence-electron chi connectivity index (χ0n) is 19.1. The largest absolute Gasteiger partial charge is 0.320 e. The van der Waals surface area contributed by atoms with Crippen LogP contribution in [-0.4, -0.2) is 48.2 Å². The number of carbonyl (C=O) groups excluding carboxylic acids is 4. The van der Waals surface area contributed by atoms with Crippen molar-refractivity contribution < 1.29 is 19.2 Å². The Labute approximate surface area is 190 Å². The van der Waals surface area contributed by atoms with Gasteiger partial charge in [0.15, 0.2) is 0 Å². The van der Waals surface area contributed by atoms with E-state index >= 15 is 0 Å². The number of aryl methyl sites for hydroxylation is 1. The van der Waals surface area contributed by atoms with Gasteiger partial charge in [-0.1, -0.05) is 57.1 Å². The number of unbranched alkanes of at least 4 members (excludes halogenated alkanes) is 8. The molecule has 0 bridgehead atoms. The Morgan fingerprint density at radius 1 is 0.906 bits per heavy atom. The first-order valence-electron chi connectivity index (χ1n) is 12.0. The number of rotatable bonds is 13. The molecule has 1 atom stereocenters. The van der Waals surface area contributed by atoms with Gasteiger partial charge in [0.2, 0.25) is 11.8 Å². The minimum atomic E-state index is -0.911. The fourth-order valence-corrected chi connectivity index (χ4v) is 4.65. The van der Waals surface area contributed by atoms with E-state index in [4.69, 9.17) is 0 Å². The van der Waals surface area contributed by atoms with Crippen molar-refractivity contribution in [1.29, 1.82) is 0 Å². The number of carbonyl (C=O) groups is 4. The van der Waals surface area contributed by atoms with Crippen LogP contribution in [0.3, 0.4) is 0 Å². The molecule has 32 heavy (non-hydrogen) atoms. The molecule has 0 saturated carbocycles. The molecule has 1 unspecified atom stereocenters. The highest BCUT2D eigenvalue weighted by Gasteiger charge is 2.45. The minimum absolute atomic E-state index is 0.132. The van der Waals surface area contributed by atoms with Crippen LogP contribution in [-0.2, 0) is 16.0 Å². The Balaban J connectivity index is 1.47. The number of imide groups is 2. The Morgan fingerprint density at radius 2 is 1.56 bits per heavy atom. The van der Waals surface area contributed by atoms with Crippen LogP contribution in [0.1, 0.15) is 96.9 Å². The molecule has 0 aromatic heterocycles. The van der Waals surface area contributed by atoms with Crippen LogP contribution in [0, 0.1) is 0 Å². The maximum Gasteiger partial charge on any atom is 0.262 e. The summed E-state index contributed by atoms with van der Waals surface area (Å²) in [5, 5.41) is 5.41. The molecule has 174 valence electrons. The highest BCUT2D eigenvalue weighted by molar-refractivity contribution is 6.24. The summed E-state index contributed by atoms with van der Waals surface area (Å²) in [4.78, 5) is 50.7. The van der Waals surface area contributed by atoms with Crippen LogP contribution in [0.25, 0.3) is 0 Å². The summed E-state index contributed by atoms with van der Waals surface area (Å²) in [5.74, 6) is -1.78. The van der Waals surface area contributed by atoms with Crippen LogP contribution in [0.4, 0.5) is 0 Å². The van der Waals surface area contributed by atoms with Crippen molar-refractivity contribution in [3.05, 3.63) is 34.9 Å². The second-order valence-corrected chi connectivity index (χ2v) is 8.82. The number of fused-ring (bicyclic) bond motifs is 1. The zero-order chi connectivity index (χ0) is 22.9. The van der Waals surface area contributed by atoms with Crippen LogP contribution in [0.15, 0.2) is 18.2 Å². The number of nitrogens with zero attached hydrogens (tertiary/aromatic N) is 1. The molecule has 0 radical (unpaired) electrons. The first-order chi connectivity index (χ1) is 15.5. The number of hydrogen-bond acceptors (Lipinski definition) is 5. The van der Waals surface area contributed by atoms with Gasteiger partial charge in [-0.3, -0.25) is 29.4 Å². The molecule has 2 N–H and O–H groups in total. The monoisotopic (exact) mass is 441 g/mol. The summed E-state index contributed by atoms with van der Waals surface area (Å²) in [6, 6.07) is 4.46. The van der Waals surface area contributed by atoms with Crippen molar-refractivity contribution in [2.75, 3.05) is 13.6 Å². The number of hydrogen-bond donors (Lipinski definition) is 2. The highest BCUT2D eigenvalue weighted by Crippen LogP contribution is 2.30. The van der Waals surface area contributed by atoms with Crippen molar-refractivity contribution in [1.82, 2.24) is 15.5 Å². The van der Waals surface area contributed by atoms with Crippen molar-refractivity contribution in [2.45, 2.75) is 83.1 Å². The maximum absolute atomic E-state index is 13.1. The Hall–Kier alpha value is -2.54. The topological polar surface area (TPSA) is 95.6 Å². The molecule has 7 nitrogen and oxygen atoms in total. The lowest BCUT2D eigenvalue weighted by Gasteiger charge is -2.27. The highest BCUT2D eigenvalue weighted by atomic mass is 16.2. The molecular formula is C25H35N3O4.